The quantitative estimate of drug-likeness (QED) is 0.786. The fraction of sp³-hybridized carbons (Fsp3) is 0.600. The Labute approximate surface area is 108 Å². The van der Waals surface area contributed by atoms with Crippen LogP contribution in [-0.4, -0.2) is 13.1 Å². The van der Waals surface area contributed by atoms with E-state index in [2.05, 4.69) is 12.2 Å². The molecule has 0 heterocycles. The summed E-state index contributed by atoms with van der Waals surface area (Å²) in [6.45, 7) is 4.11. The van der Waals surface area contributed by atoms with Gasteiger partial charge in [0.1, 0.15) is 11.6 Å². The third-order valence-electron chi connectivity index (χ3n) is 3.81. The lowest BCUT2D eigenvalue weighted by Gasteiger charge is -2.20. The van der Waals surface area contributed by atoms with Crippen LogP contribution >= 0.6 is 0 Å². The Morgan fingerprint density at radius 2 is 1.89 bits per heavy atom. The van der Waals surface area contributed by atoms with Crippen LogP contribution in [0.15, 0.2) is 18.2 Å². The Balaban J connectivity index is 2.05. The monoisotopic (exact) mass is 253 g/mol. The highest BCUT2D eigenvalue weighted by molar-refractivity contribution is 5.23. The normalized spacial score (nSPS) is 23.5. The maximum absolute atomic E-state index is 13.3. The van der Waals surface area contributed by atoms with Gasteiger partial charge in [0.2, 0.25) is 0 Å². The highest BCUT2D eigenvalue weighted by Gasteiger charge is 2.28. The molecule has 1 aromatic rings. The van der Waals surface area contributed by atoms with Gasteiger partial charge < -0.3 is 5.32 Å². The lowest BCUT2D eigenvalue weighted by Crippen LogP contribution is -2.25. The number of hydrogen-bond donors (Lipinski definition) is 1. The molecule has 2 unspecified atom stereocenters. The van der Waals surface area contributed by atoms with Crippen molar-refractivity contribution in [1.29, 1.82) is 0 Å². The highest BCUT2D eigenvalue weighted by atomic mass is 19.1. The van der Waals surface area contributed by atoms with Crippen molar-refractivity contribution in [1.82, 2.24) is 5.32 Å². The van der Waals surface area contributed by atoms with E-state index in [1.807, 2.05) is 0 Å². The minimum atomic E-state index is -0.461. The first-order valence-corrected chi connectivity index (χ1v) is 6.87. The molecule has 0 amide bonds. The molecule has 1 aliphatic carbocycles. The highest BCUT2D eigenvalue weighted by Crippen LogP contribution is 2.39. The van der Waals surface area contributed by atoms with E-state index in [1.165, 1.54) is 12.1 Å². The van der Waals surface area contributed by atoms with Gasteiger partial charge in [-0.25, -0.2) is 8.78 Å². The lowest BCUT2D eigenvalue weighted by molar-refractivity contribution is 0.441. The van der Waals surface area contributed by atoms with Crippen LogP contribution in [0, 0.1) is 17.6 Å². The number of benzene rings is 1. The molecule has 1 nitrogen and oxygen atoms in total. The van der Waals surface area contributed by atoms with E-state index in [-0.39, 0.29) is 0 Å². The van der Waals surface area contributed by atoms with Gasteiger partial charge in [-0.3, -0.25) is 0 Å². The van der Waals surface area contributed by atoms with E-state index < -0.39 is 11.6 Å². The van der Waals surface area contributed by atoms with Gasteiger partial charge in [0.25, 0.3) is 0 Å². The fourth-order valence-electron chi connectivity index (χ4n) is 2.97. The minimum absolute atomic E-state index is 0.305. The number of hydrogen-bond acceptors (Lipinski definition) is 1. The van der Waals surface area contributed by atoms with Crippen molar-refractivity contribution in [3.63, 3.8) is 0 Å². The Morgan fingerprint density at radius 1 is 1.17 bits per heavy atom. The molecule has 1 aromatic carbocycles. The summed E-state index contributed by atoms with van der Waals surface area (Å²) in [5.41, 5.74) is 0.827. The molecule has 1 aliphatic rings. The van der Waals surface area contributed by atoms with Crippen molar-refractivity contribution in [3.05, 3.63) is 35.4 Å². The molecule has 0 aliphatic heterocycles. The van der Waals surface area contributed by atoms with Crippen molar-refractivity contribution >= 4 is 0 Å². The summed E-state index contributed by atoms with van der Waals surface area (Å²) in [7, 11) is 0. The standard InChI is InChI=1S/C15H21F2N/c1-2-6-18-10-11-4-3-5-15(11)12-7-13(16)9-14(17)8-12/h7-9,11,15,18H,2-6,10H2,1H3. The summed E-state index contributed by atoms with van der Waals surface area (Å²) in [5.74, 6) is -0.105. The third kappa shape index (κ3) is 3.29. The molecule has 0 saturated heterocycles. The molecule has 0 radical (unpaired) electrons. The van der Waals surface area contributed by atoms with Crippen LogP contribution in [-0.2, 0) is 0 Å². The van der Waals surface area contributed by atoms with E-state index >= 15 is 0 Å². The van der Waals surface area contributed by atoms with E-state index in [0.29, 0.717) is 11.8 Å². The Bertz CT molecular complexity index is 372. The molecule has 0 bridgehead atoms. The molecule has 0 spiro atoms. The second-order valence-electron chi connectivity index (χ2n) is 5.20. The van der Waals surface area contributed by atoms with Crippen molar-refractivity contribution in [2.24, 2.45) is 5.92 Å². The fourth-order valence-corrected chi connectivity index (χ4v) is 2.97. The van der Waals surface area contributed by atoms with Crippen LogP contribution in [0.25, 0.3) is 0 Å². The molecule has 2 atom stereocenters. The van der Waals surface area contributed by atoms with Crippen LogP contribution in [0.5, 0.6) is 0 Å². The van der Waals surface area contributed by atoms with Crippen molar-refractivity contribution in [3.8, 4) is 0 Å². The summed E-state index contributed by atoms with van der Waals surface area (Å²) in [4.78, 5) is 0. The second kappa shape index (κ2) is 6.28. The van der Waals surface area contributed by atoms with Crippen molar-refractivity contribution < 1.29 is 8.78 Å². The first kappa shape index (κ1) is 13.5. The molecule has 1 N–H and O–H groups in total. The maximum atomic E-state index is 13.3. The van der Waals surface area contributed by atoms with Crippen molar-refractivity contribution in [2.45, 2.75) is 38.5 Å². The topological polar surface area (TPSA) is 12.0 Å². The van der Waals surface area contributed by atoms with Crippen molar-refractivity contribution in [2.75, 3.05) is 13.1 Å². The van der Waals surface area contributed by atoms with Gasteiger partial charge in [0.05, 0.1) is 0 Å². The first-order chi connectivity index (χ1) is 8.70. The number of halogens is 2. The van der Waals surface area contributed by atoms with Gasteiger partial charge in [-0.15, -0.1) is 0 Å². The van der Waals surface area contributed by atoms with Gasteiger partial charge in [0.15, 0.2) is 0 Å². The first-order valence-electron chi connectivity index (χ1n) is 6.87. The predicted molar refractivity (Wildman–Crippen MR) is 69.6 cm³/mol. The largest absolute Gasteiger partial charge is 0.316 e. The second-order valence-corrected chi connectivity index (χ2v) is 5.20. The van der Waals surface area contributed by atoms with Crippen LogP contribution in [0.1, 0.15) is 44.1 Å². The minimum Gasteiger partial charge on any atom is -0.316 e. The molecular weight excluding hydrogens is 232 g/mol. The van der Waals surface area contributed by atoms with E-state index in [4.69, 9.17) is 0 Å². The third-order valence-corrected chi connectivity index (χ3v) is 3.81. The van der Waals surface area contributed by atoms with Crippen LogP contribution in [0.4, 0.5) is 8.78 Å². The number of rotatable bonds is 5. The predicted octanol–water partition coefficient (Wildman–Crippen LogP) is 3.85. The summed E-state index contributed by atoms with van der Waals surface area (Å²) in [5, 5.41) is 3.42. The zero-order valence-electron chi connectivity index (χ0n) is 10.9. The average molecular weight is 253 g/mol. The molecule has 2 rings (SSSR count). The molecule has 0 aromatic heterocycles. The van der Waals surface area contributed by atoms with Crippen LogP contribution in [0.2, 0.25) is 0 Å². The number of nitrogens with one attached hydrogen (secondary N) is 1. The molecule has 18 heavy (non-hydrogen) atoms. The molecule has 100 valence electrons. The Kier molecular flexibility index (Phi) is 4.70. The summed E-state index contributed by atoms with van der Waals surface area (Å²) in [6, 6.07) is 3.93. The molecule has 1 saturated carbocycles. The van der Waals surface area contributed by atoms with E-state index in [1.54, 1.807) is 0 Å². The SMILES string of the molecule is CCCNCC1CCCC1c1cc(F)cc(F)c1. The summed E-state index contributed by atoms with van der Waals surface area (Å²) >= 11 is 0. The van der Waals surface area contributed by atoms with E-state index in [0.717, 1.165) is 50.4 Å². The van der Waals surface area contributed by atoms with Gasteiger partial charge in [-0.2, -0.15) is 0 Å². The van der Waals surface area contributed by atoms with E-state index in [9.17, 15) is 8.78 Å². The average Bonchev–Trinajstić information content (AvgIpc) is 2.76. The van der Waals surface area contributed by atoms with Gasteiger partial charge in [-0.1, -0.05) is 13.3 Å². The Hall–Kier alpha value is -0.960. The zero-order valence-corrected chi connectivity index (χ0v) is 10.9. The Morgan fingerprint density at radius 3 is 2.56 bits per heavy atom. The van der Waals surface area contributed by atoms with Crippen LogP contribution < -0.4 is 5.32 Å². The molecular formula is C15H21F2N. The van der Waals surface area contributed by atoms with Gasteiger partial charge in [-0.05, 0) is 61.9 Å². The van der Waals surface area contributed by atoms with Gasteiger partial charge in [0, 0.05) is 6.07 Å². The summed E-state index contributed by atoms with van der Waals surface area (Å²) < 4.78 is 26.5. The smallest absolute Gasteiger partial charge is 0.126 e. The summed E-state index contributed by atoms with van der Waals surface area (Å²) in [6.07, 6.45) is 4.47. The van der Waals surface area contributed by atoms with Crippen LogP contribution in [0.3, 0.4) is 0 Å². The molecule has 1 fully saturated rings. The lowest BCUT2D eigenvalue weighted by atomic mass is 9.88. The van der Waals surface area contributed by atoms with Gasteiger partial charge >= 0.3 is 0 Å². The maximum Gasteiger partial charge on any atom is 0.126 e. The zero-order chi connectivity index (χ0) is 13.0. The molecule has 3 heteroatoms.